The Morgan fingerprint density at radius 3 is 2.71 bits per heavy atom. The summed E-state index contributed by atoms with van der Waals surface area (Å²) in [4.78, 5) is 12.4. The Morgan fingerprint density at radius 1 is 1.16 bits per heavy atom. The first-order chi connectivity index (χ1) is 15.0. The summed E-state index contributed by atoms with van der Waals surface area (Å²) in [5.41, 5.74) is 0.823. The average Bonchev–Trinajstić information content (AvgIpc) is 3.41. The summed E-state index contributed by atoms with van der Waals surface area (Å²) >= 11 is 15.0. The van der Waals surface area contributed by atoms with E-state index in [0.717, 1.165) is 23.4 Å². The number of thioether (sulfide) groups is 1. The van der Waals surface area contributed by atoms with E-state index in [2.05, 4.69) is 25.7 Å². The molecular formula is C20H22Cl2N6OS2. The van der Waals surface area contributed by atoms with Gasteiger partial charge in [-0.15, -0.1) is 20.4 Å². The summed E-state index contributed by atoms with van der Waals surface area (Å²) in [5.74, 6) is 1.23. The van der Waals surface area contributed by atoms with E-state index in [9.17, 15) is 4.79 Å². The highest BCUT2D eigenvalue weighted by Gasteiger charge is 2.21. The maximum Gasteiger partial charge on any atom is 0.236 e. The lowest BCUT2D eigenvalue weighted by Crippen LogP contribution is -2.14. The second kappa shape index (κ2) is 10.3. The number of carbonyl (C=O) groups excluding carboxylic acids is 1. The summed E-state index contributed by atoms with van der Waals surface area (Å²) in [6.07, 6.45) is 6.10. The second-order valence-electron chi connectivity index (χ2n) is 7.30. The van der Waals surface area contributed by atoms with E-state index in [4.69, 9.17) is 23.2 Å². The lowest BCUT2D eigenvalue weighted by Gasteiger charge is -2.18. The minimum atomic E-state index is -0.141. The van der Waals surface area contributed by atoms with Gasteiger partial charge in [0.15, 0.2) is 11.0 Å². The molecule has 0 spiro atoms. The van der Waals surface area contributed by atoms with Gasteiger partial charge in [0.1, 0.15) is 5.01 Å². The molecule has 0 unspecified atom stereocenters. The summed E-state index contributed by atoms with van der Waals surface area (Å²) in [7, 11) is 0. The Morgan fingerprint density at radius 2 is 1.97 bits per heavy atom. The molecule has 1 fully saturated rings. The van der Waals surface area contributed by atoms with Crippen molar-refractivity contribution in [2.75, 3.05) is 11.1 Å². The molecule has 1 aromatic carbocycles. The van der Waals surface area contributed by atoms with Gasteiger partial charge < -0.3 is 4.57 Å². The molecule has 0 aliphatic heterocycles. The first kappa shape index (κ1) is 22.5. The third kappa shape index (κ3) is 5.39. The maximum absolute atomic E-state index is 12.4. The number of hydrogen-bond donors (Lipinski definition) is 1. The Labute approximate surface area is 199 Å². The SMILES string of the molecule is CCn1c(SCC(=O)Nc2nnc(C3CCCCC3)s2)nnc1-c1ccc(Cl)c(Cl)c1. The number of hydrogen-bond acceptors (Lipinski definition) is 7. The van der Waals surface area contributed by atoms with Gasteiger partial charge >= 0.3 is 0 Å². The van der Waals surface area contributed by atoms with Crippen LogP contribution in [-0.2, 0) is 11.3 Å². The van der Waals surface area contributed by atoms with Crippen LogP contribution in [0.15, 0.2) is 23.4 Å². The van der Waals surface area contributed by atoms with Crippen molar-refractivity contribution in [2.45, 2.75) is 56.6 Å². The van der Waals surface area contributed by atoms with E-state index in [-0.39, 0.29) is 11.7 Å². The zero-order valence-electron chi connectivity index (χ0n) is 17.0. The van der Waals surface area contributed by atoms with E-state index < -0.39 is 0 Å². The van der Waals surface area contributed by atoms with Crippen LogP contribution in [0.3, 0.4) is 0 Å². The Bertz CT molecular complexity index is 1060. The van der Waals surface area contributed by atoms with E-state index in [0.29, 0.717) is 38.6 Å². The molecule has 1 amide bonds. The summed E-state index contributed by atoms with van der Waals surface area (Å²) in [6, 6.07) is 5.35. The molecule has 2 aromatic heterocycles. The number of anilines is 1. The third-order valence-electron chi connectivity index (χ3n) is 5.18. The van der Waals surface area contributed by atoms with Gasteiger partial charge in [0.25, 0.3) is 0 Å². The van der Waals surface area contributed by atoms with Gasteiger partial charge in [0, 0.05) is 18.0 Å². The number of rotatable bonds is 7. The smallest absolute Gasteiger partial charge is 0.236 e. The fourth-order valence-corrected chi connectivity index (χ4v) is 5.64. The third-order valence-corrected chi connectivity index (χ3v) is 7.89. The van der Waals surface area contributed by atoms with Gasteiger partial charge in [0.05, 0.1) is 15.8 Å². The van der Waals surface area contributed by atoms with Gasteiger partial charge in [-0.1, -0.05) is 65.6 Å². The zero-order chi connectivity index (χ0) is 21.8. The maximum atomic E-state index is 12.4. The molecule has 2 heterocycles. The molecule has 1 aliphatic rings. The largest absolute Gasteiger partial charge is 0.302 e. The number of nitrogens with zero attached hydrogens (tertiary/aromatic N) is 5. The zero-order valence-corrected chi connectivity index (χ0v) is 20.1. The molecule has 0 saturated heterocycles. The molecule has 1 N–H and O–H groups in total. The highest BCUT2D eigenvalue weighted by molar-refractivity contribution is 7.99. The van der Waals surface area contributed by atoms with Crippen molar-refractivity contribution < 1.29 is 4.79 Å². The normalized spacial score (nSPS) is 14.7. The predicted molar refractivity (Wildman–Crippen MR) is 126 cm³/mol. The average molecular weight is 497 g/mol. The minimum absolute atomic E-state index is 0.141. The molecule has 0 atom stereocenters. The number of aromatic nitrogens is 5. The highest BCUT2D eigenvalue weighted by atomic mass is 35.5. The van der Waals surface area contributed by atoms with Crippen LogP contribution in [0.4, 0.5) is 5.13 Å². The Balaban J connectivity index is 1.38. The quantitative estimate of drug-likeness (QED) is 0.409. The van der Waals surface area contributed by atoms with Crippen molar-refractivity contribution in [1.82, 2.24) is 25.0 Å². The Hall–Kier alpha value is -1.68. The summed E-state index contributed by atoms with van der Waals surface area (Å²) in [6.45, 7) is 2.66. The summed E-state index contributed by atoms with van der Waals surface area (Å²) in [5, 5.41) is 23.0. The van der Waals surface area contributed by atoms with Crippen LogP contribution in [0.5, 0.6) is 0 Å². The molecule has 1 aliphatic carbocycles. The van der Waals surface area contributed by atoms with Crippen molar-refractivity contribution in [3.8, 4) is 11.4 Å². The molecule has 11 heteroatoms. The predicted octanol–water partition coefficient (Wildman–Crippen LogP) is 5.90. The molecule has 31 heavy (non-hydrogen) atoms. The molecule has 3 aromatic rings. The topological polar surface area (TPSA) is 85.6 Å². The van der Waals surface area contributed by atoms with Crippen LogP contribution in [0, 0.1) is 0 Å². The molecule has 164 valence electrons. The monoisotopic (exact) mass is 496 g/mol. The molecular weight excluding hydrogens is 475 g/mol. The standard InChI is InChI=1S/C20H22Cl2N6OS2/c1-2-28-17(13-8-9-14(21)15(22)10-13)24-27-20(28)30-11-16(29)23-19-26-25-18(31-19)12-6-4-3-5-7-12/h8-10,12H,2-7,11H2,1H3,(H,23,26,29). The number of nitrogens with one attached hydrogen (secondary N) is 1. The van der Waals surface area contributed by atoms with Crippen LogP contribution >= 0.6 is 46.3 Å². The van der Waals surface area contributed by atoms with Gasteiger partial charge in [-0.25, -0.2) is 0 Å². The van der Waals surface area contributed by atoms with Crippen LogP contribution < -0.4 is 5.32 Å². The molecule has 7 nitrogen and oxygen atoms in total. The lowest BCUT2D eigenvalue weighted by atomic mass is 9.90. The Kier molecular flexibility index (Phi) is 7.47. The van der Waals surface area contributed by atoms with Crippen LogP contribution in [0.2, 0.25) is 10.0 Å². The van der Waals surface area contributed by atoms with Crippen LogP contribution in [-0.4, -0.2) is 36.6 Å². The second-order valence-corrected chi connectivity index (χ2v) is 10.1. The van der Waals surface area contributed by atoms with E-state index in [1.54, 1.807) is 12.1 Å². The van der Waals surface area contributed by atoms with Gasteiger partial charge in [0.2, 0.25) is 11.0 Å². The highest BCUT2D eigenvalue weighted by Crippen LogP contribution is 2.35. The minimum Gasteiger partial charge on any atom is -0.302 e. The van der Waals surface area contributed by atoms with Crippen molar-refractivity contribution in [2.24, 2.45) is 0 Å². The van der Waals surface area contributed by atoms with Gasteiger partial charge in [-0.3, -0.25) is 10.1 Å². The van der Waals surface area contributed by atoms with Crippen molar-refractivity contribution in [3.63, 3.8) is 0 Å². The van der Waals surface area contributed by atoms with Gasteiger partial charge in [-0.05, 0) is 38.0 Å². The van der Waals surface area contributed by atoms with Gasteiger partial charge in [-0.2, -0.15) is 0 Å². The number of amides is 1. The van der Waals surface area contributed by atoms with Crippen molar-refractivity contribution in [1.29, 1.82) is 0 Å². The fourth-order valence-electron chi connectivity index (χ4n) is 3.61. The van der Waals surface area contributed by atoms with E-state index >= 15 is 0 Å². The number of carbonyl (C=O) groups is 1. The molecule has 4 rings (SSSR count). The molecule has 1 saturated carbocycles. The lowest BCUT2D eigenvalue weighted by molar-refractivity contribution is -0.113. The fraction of sp³-hybridized carbons (Fsp3) is 0.450. The first-order valence-electron chi connectivity index (χ1n) is 10.2. The van der Waals surface area contributed by atoms with Crippen molar-refractivity contribution in [3.05, 3.63) is 33.3 Å². The van der Waals surface area contributed by atoms with E-state index in [1.807, 2.05) is 17.6 Å². The molecule has 0 bridgehead atoms. The van der Waals surface area contributed by atoms with E-state index in [1.165, 1.54) is 42.4 Å². The molecule has 0 radical (unpaired) electrons. The first-order valence-corrected chi connectivity index (χ1v) is 12.8. The van der Waals surface area contributed by atoms with Crippen molar-refractivity contribution >= 4 is 57.3 Å². The van der Waals surface area contributed by atoms with Crippen LogP contribution in [0.25, 0.3) is 11.4 Å². The van der Waals surface area contributed by atoms with Crippen LogP contribution in [0.1, 0.15) is 50.0 Å². The summed E-state index contributed by atoms with van der Waals surface area (Å²) < 4.78 is 1.95. The number of benzene rings is 1. The number of halogens is 2.